The van der Waals surface area contributed by atoms with Crippen molar-refractivity contribution in [1.82, 2.24) is 5.32 Å². The maximum Gasteiger partial charge on any atom is 0.239 e. The van der Waals surface area contributed by atoms with Gasteiger partial charge < -0.3 is 10.1 Å². The van der Waals surface area contributed by atoms with E-state index in [0.29, 0.717) is 21.6 Å². The summed E-state index contributed by atoms with van der Waals surface area (Å²) in [5.41, 5.74) is 1.66. The fourth-order valence-corrected chi connectivity index (χ4v) is 4.86. The molecular formula is C25H29Cl2N3O2S. The monoisotopic (exact) mass is 505 g/mol. The summed E-state index contributed by atoms with van der Waals surface area (Å²) in [6, 6.07) is 13.1. The third-order valence-corrected chi connectivity index (χ3v) is 7.01. The van der Waals surface area contributed by atoms with Crippen molar-refractivity contribution >= 4 is 52.3 Å². The van der Waals surface area contributed by atoms with Crippen LogP contribution in [0.25, 0.3) is 0 Å². The average Bonchev–Trinajstić information content (AvgIpc) is 3.15. The van der Waals surface area contributed by atoms with Crippen molar-refractivity contribution in [2.24, 2.45) is 10.2 Å². The Morgan fingerprint density at radius 1 is 1.03 bits per heavy atom. The molecule has 0 bridgehead atoms. The van der Waals surface area contributed by atoms with Gasteiger partial charge in [0.05, 0.1) is 18.1 Å². The minimum absolute atomic E-state index is 0.128. The molecular weight excluding hydrogens is 477 g/mol. The number of hydrogen-bond acceptors (Lipinski definition) is 5. The lowest BCUT2D eigenvalue weighted by Crippen LogP contribution is -2.26. The molecule has 2 aromatic carbocycles. The van der Waals surface area contributed by atoms with Crippen molar-refractivity contribution in [1.29, 1.82) is 0 Å². The molecule has 0 aromatic heterocycles. The van der Waals surface area contributed by atoms with Crippen LogP contribution in [-0.4, -0.2) is 29.1 Å². The molecule has 1 fully saturated rings. The number of carbonyl (C=O) groups excluding carboxylic acids is 1. The second-order valence-corrected chi connectivity index (χ2v) is 9.84. The van der Waals surface area contributed by atoms with Crippen LogP contribution in [0.15, 0.2) is 52.7 Å². The number of nitrogens with one attached hydrogen (secondary N) is 1. The molecule has 33 heavy (non-hydrogen) atoms. The number of thioether (sulfide) groups is 1. The topological polar surface area (TPSA) is 63.1 Å². The Hall–Kier alpha value is -2.02. The van der Waals surface area contributed by atoms with Gasteiger partial charge in [0.15, 0.2) is 5.17 Å². The van der Waals surface area contributed by atoms with Crippen molar-refractivity contribution in [3.8, 4) is 5.75 Å². The van der Waals surface area contributed by atoms with Crippen molar-refractivity contribution < 1.29 is 9.53 Å². The standard InChI is InChI=1S/C25H29Cl2N3O2S/c1-2-3-4-5-6-7-15-32-19-13-11-18(12-14-19)17-28-30-25-29-24(31)23(33-25)16-20-21(26)9-8-10-22(20)27/h8-14,17,23H,2-7,15-16H2,1H3,(H,29,30,31)/b28-17-/t23-/m0/s1. The number of carbonyl (C=O) groups is 1. The molecule has 3 rings (SSSR count). The summed E-state index contributed by atoms with van der Waals surface area (Å²) >= 11 is 13.8. The molecule has 1 N–H and O–H groups in total. The van der Waals surface area contributed by atoms with E-state index in [9.17, 15) is 4.79 Å². The zero-order valence-electron chi connectivity index (χ0n) is 18.7. The third kappa shape index (κ3) is 8.36. The van der Waals surface area contributed by atoms with Crippen LogP contribution in [-0.2, 0) is 11.2 Å². The summed E-state index contributed by atoms with van der Waals surface area (Å²) in [6.45, 7) is 2.97. The first-order valence-corrected chi connectivity index (χ1v) is 12.9. The summed E-state index contributed by atoms with van der Waals surface area (Å²) in [7, 11) is 0. The van der Waals surface area contributed by atoms with Gasteiger partial charge in [-0.05, 0) is 60.4 Å². The van der Waals surface area contributed by atoms with E-state index in [2.05, 4.69) is 22.4 Å². The lowest BCUT2D eigenvalue weighted by molar-refractivity contribution is -0.118. The quantitative estimate of drug-likeness (QED) is 0.194. The first kappa shape index (κ1) is 25.6. The van der Waals surface area contributed by atoms with Gasteiger partial charge in [-0.25, -0.2) is 0 Å². The summed E-state index contributed by atoms with van der Waals surface area (Å²) in [4.78, 5) is 12.3. The summed E-state index contributed by atoms with van der Waals surface area (Å²) in [5, 5.41) is 12.2. The average molecular weight is 506 g/mol. The molecule has 1 atom stereocenters. The fourth-order valence-electron chi connectivity index (χ4n) is 3.37. The van der Waals surface area contributed by atoms with Crippen LogP contribution in [0.4, 0.5) is 0 Å². The van der Waals surface area contributed by atoms with Crippen molar-refractivity contribution in [3.63, 3.8) is 0 Å². The van der Waals surface area contributed by atoms with Gasteiger partial charge in [0, 0.05) is 10.0 Å². The molecule has 8 heteroatoms. The molecule has 0 aliphatic carbocycles. The van der Waals surface area contributed by atoms with Crippen LogP contribution >= 0.6 is 35.0 Å². The number of ether oxygens (including phenoxy) is 1. The van der Waals surface area contributed by atoms with E-state index >= 15 is 0 Å². The molecule has 1 aliphatic heterocycles. The molecule has 176 valence electrons. The number of halogens is 2. The minimum Gasteiger partial charge on any atom is -0.494 e. The predicted molar refractivity (Wildman–Crippen MR) is 140 cm³/mol. The Balaban J connectivity index is 1.44. The number of unbranched alkanes of at least 4 members (excludes halogenated alkanes) is 5. The van der Waals surface area contributed by atoms with Gasteiger partial charge in [0.1, 0.15) is 5.75 Å². The first-order valence-electron chi connectivity index (χ1n) is 11.3. The van der Waals surface area contributed by atoms with Crippen molar-refractivity contribution in [2.75, 3.05) is 6.61 Å². The molecule has 0 spiro atoms. The van der Waals surface area contributed by atoms with E-state index in [4.69, 9.17) is 27.9 Å². The highest BCUT2D eigenvalue weighted by Gasteiger charge is 2.31. The molecule has 1 saturated heterocycles. The van der Waals surface area contributed by atoms with E-state index in [1.165, 1.54) is 43.9 Å². The fraction of sp³-hybridized carbons (Fsp3) is 0.400. The van der Waals surface area contributed by atoms with Crippen LogP contribution in [0.2, 0.25) is 10.0 Å². The zero-order chi connectivity index (χ0) is 23.5. The molecule has 0 radical (unpaired) electrons. The minimum atomic E-state index is -0.348. The number of nitrogens with zero attached hydrogens (tertiary/aromatic N) is 2. The van der Waals surface area contributed by atoms with Crippen LogP contribution in [0.3, 0.4) is 0 Å². The Morgan fingerprint density at radius 3 is 2.45 bits per heavy atom. The Bertz CT molecular complexity index is 960. The predicted octanol–water partition coefficient (Wildman–Crippen LogP) is 6.90. The molecule has 0 unspecified atom stereocenters. The molecule has 2 aromatic rings. The Labute approximate surface area is 210 Å². The lowest BCUT2D eigenvalue weighted by atomic mass is 10.1. The van der Waals surface area contributed by atoms with Gasteiger partial charge in [-0.2, -0.15) is 5.10 Å². The van der Waals surface area contributed by atoms with Crippen molar-refractivity contribution in [2.45, 2.75) is 57.1 Å². The third-order valence-electron chi connectivity index (χ3n) is 5.23. The summed E-state index contributed by atoms with van der Waals surface area (Å²) in [5.74, 6) is 0.725. The maximum atomic E-state index is 12.3. The van der Waals surface area contributed by atoms with Crippen LogP contribution in [0, 0.1) is 0 Å². The van der Waals surface area contributed by atoms with Crippen LogP contribution in [0.5, 0.6) is 5.75 Å². The normalized spacial score (nSPS) is 17.1. The van der Waals surface area contributed by atoms with Gasteiger partial charge in [0.25, 0.3) is 0 Å². The van der Waals surface area contributed by atoms with Crippen LogP contribution in [0.1, 0.15) is 56.6 Å². The molecule has 1 aliphatic rings. The van der Waals surface area contributed by atoms with E-state index in [1.54, 1.807) is 24.4 Å². The number of amides is 1. The largest absolute Gasteiger partial charge is 0.494 e. The maximum absolute atomic E-state index is 12.3. The van der Waals surface area contributed by atoms with Gasteiger partial charge in [0.2, 0.25) is 5.91 Å². The Kier molecular flexibility index (Phi) is 10.6. The summed E-state index contributed by atoms with van der Waals surface area (Å²) in [6.07, 6.45) is 9.55. The van der Waals surface area contributed by atoms with Gasteiger partial charge >= 0.3 is 0 Å². The highest BCUT2D eigenvalue weighted by molar-refractivity contribution is 8.15. The number of hydrogen-bond donors (Lipinski definition) is 1. The van der Waals surface area contributed by atoms with Crippen LogP contribution < -0.4 is 10.1 Å². The van der Waals surface area contributed by atoms with Crippen molar-refractivity contribution in [3.05, 3.63) is 63.6 Å². The highest BCUT2D eigenvalue weighted by Crippen LogP contribution is 2.30. The molecule has 1 amide bonds. The van der Waals surface area contributed by atoms with E-state index in [-0.39, 0.29) is 11.2 Å². The van der Waals surface area contributed by atoms with E-state index < -0.39 is 0 Å². The molecule has 5 nitrogen and oxygen atoms in total. The SMILES string of the molecule is CCCCCCCCOc1ccc(/C=N\N=C2/NC(=O)[C@H](Cc3c(Cl)cccc3Cl)S2)cc1. The molecule has 0 saturated carbocycles. The lowest BCUT2D eigenvalue weighted by Gasteiger charge is -2.09. The van der Waals surface area contributed by atoms with Gasteiger partial charge in [-0.3, -0.25) is 4.79 Å². The molecule has 1 heterocycles. The summed E-state index contributed by atoms with van der Waals surface area (Å²) < 4.78 is 5.80. The highest BCUT2D eigenvalue weighted by atomic mass is 35.5. The van der Waals surface area contributed by atoms with Gasteiger partial charge in [-0.1, -0.05) is 80.1 Å². The zero-order valence-corrected chi connectivity index (χ0v) is 21.1. The smallest absolute Gasteiger partial charge is 0.239 e. The Morgan fingerprint density at radius 2 is 1.73 bits per heavy atom. The van der Waals surface area contributed by atoms with E-state index in [0.717, 1.165) is 29.9 Å². The second kappa shape index (κ2) is 13.6. The number of rotatable bonds is 12. The second-order valence-electron chi connectivity index (χ2n) is 7.84. The first-order chi connectivity index (χ1) is 16.1. The number of amidine groups is 1. The van der Waals surface area contributed by atoms with Gasteiger partial charge in [-0.15, -0.1) is 5.10 Å². The van der Waals surface area contributed by atoms with E-state index in [1.807, 2.05) is 24.3 Å². The number of benzene rings is 2.